The molecule has 8 heteroatoms. The summed E-state index contributed by atoms with van der Waals surface area (Å²) in [7, 11) is -3.69. The lowest BCUT2D eigenvalue weighted by Crippen LogP contribution is -2.47. The minimum atomic E-state index is -3.69. The molecule has 3 heterocycles. The first-order chi connectivity index (χ1) is 14.9. The number of amides is 1. The first-order valence-electron chi connectivity index (χ1n) is 10.8. The fourth-order valence-corrected chi connectivity index (χ4v) is 6.13. The van der Waals surface area contributed by atoms with Crippen LogP contribution >= 0.6 is 0 Å². The van der Waals surface area contributed by atoms with Crippen molar-refractivity contribution in [2.75, 3.05) is 19.6 Å². The molecule has 1 aromatic heterocycles. The van der Waals surface area contributed by atoms with E-state index in [9.17, 15) is 13.2 Å². The third-order valence-corrected chi connectivity index (χ3v) is 8.00. The molecule has 2 atom stereocenters. The lowest BCUT2D eigenvalue weighted by Gasteiger charge is -2.32. The highest BCUT2D eigenvalue weighted by molar-refractivity contribution is 7.89. The maximum Gasteiger partial charge on any atom is 0.253 e. The number of likely N-dealkylation sites (tertiary alicyclic amines) is 1. The monoisotopic (exact) mass is 443 g/mol. The molecule has 0 bridgehead atoms. The van der Waals surface area contributed by atoms with Crippen LogP contribution in [0.1, 0.15) is 43.5 Å². The van der Waals surface area contributed by atoms with Crippen LogP contribution in [-0.2, 0) is 10.0 Å². The van der Waals surface area contributed by atoms with E-state index in [-0.39, 0.29) is 22.9 Å². The van der Waals surface area contributed by atoms with Crippen molar-refractivity contribution < 1.29 is 17.9 Å². The topological polar surface area (TPSA) is 79.8 Å². The van der Waals surface area contributed by atoms with E-state index in [1.54, 1.807) is 58.0 Å². The van der Waals surface area contributed by atoms with Crippen molar-refractivity contribution in [3.05, 3.63) is 54.4 Å². The Labute approximate surface area is 184 Å². The quantitative estimate of drug-likeness (QED) is 0.725. The zero-order chi connectivity index (χ0) is 22.0. The standard InChI is InChI=1S/C23H29N3O4S/c1-17(2)9-16-26-19-10-14-25(23(27)18-7-12-24-13-8-18)15-11-20(19)30-21-5-3-4-6-22(21)31(26,28)29/h3-8,12-13,17,19-20H,9-11,14-16H2,1-2H3/t19-,20-/m0/s1. The summed E-state index contributed by atoms with van der Waals surface area (Å²) in [5, 5.41) is 0. The third kappa shape index (κ3) is 4.45. The molecule has 0 unspecified atom stereocenters. The van der Waals surface area contributed by atoms with Crippen LogP contribution < -0.4 is 4.74 Å². The van der Waals surface area contributed by atoms with Crippen molar-refractivity contribution in [3.8, 4) is 5.75 Å². The molecule has 2 aromatic rings. The second kappa shape index (κ2) is 8.96. The number of carbonyl (C=O) groups excluding carboxylic acids is 1. The minimum absolute atomic E-state index is 0.0594. The van der Waals surface area contributed by atoms with Gasteiger partial charge in [0, 0.05) is 44.0 Å². The number of para-hydroxylation sites is 1. The fourth-order valence-electron chi connectivity index (χ4n) is 4.31. The molecule has 0 saturated carbocycles. The molecular weight excluding hydrogens is 414 g/mol. The second-order valence-corrected chi connectivity index (χ2v) is 10.4. The van der Waals surface area contributed by atoms with Crippen LogP contribution in [0, 0.1) is 5.92 Å². The van der Waals surface area contributed by atoms with Gasteiger partial charge in [0.05, 0.1) is 6.04 Å². The first kappa shape index (κ1) is 21.8. The Morgan fingerprint density at radius 2 is 1.84 bits per heavy atom. The molecule has 166 valence electrons. The van der Waals surface area contributed by atoms with E-state index in [4.69, 9.17) is 4.74 Å². The van der Waals surface area contributed by atoms with Gasteiger partial charge in [-0.15, -0.1) is 0 Å². The largest absolute Gasteiger partial charge is 0.487 e. The van der Waals surface area contributed by atoms with Crippen molar-refractivity contribution in [1.82, 2.24) is 14.2 Å². The third-order valence-electron chi connectivity index (χ3n) is 6.03. The Bertz CT molecular complexity index is 1030. The molecular formula is C23H29N3O4S. The number of benzene rings is 1. The molecule has 1 aromatic carbocycles. The van der Waals surface area contributed by atoms with Gasteiger partial charge in [-0.3, -0.25) is 9.78 Å². The van der Waals surface area contributed by atoms with Gasteiger partial charge in [-0.05, 0) is 43.0 Å². The van der Waals surface area contributed by atoms with E-state index in [0.29, 0.717) is 49.7 Å². The Balaban J connectivity index is 1.65. The van der Waals surface area contributed by atoms with Crippen LogP contribution in [0.15, 0.2) is 53.7 Å². The van der Waals surface area contributed by atoms with Gasteiger partial charge in [0.2, 0.25) is 10.0 Å². The zero-order valence-corrected chi connectivity index (χ0v) is 18.8. The average Bonchev–Trinajstić information content (AvgIpc) is 3.01. The molecule has 2 aliphatic heterocycles. The maximum atomic E-state index is 13.6. The number of sulfonamides is 1. The Morgan fingerprint density at radius 3 is 2.58 bits per heavy atom. The number of nitrogens with zero attached hydrogens (tertiary/aromatic N) is 3. The maximum absolute atomic E-state index is 13.6. The van der Waals surface area contributed by atoms with Gasteiger partial charge in [-0.1, -0.05) is 26.0 Å². The number of ether oxygens (including phenoxy) is 1. The normalized spacial score (nSPS) is 23.3. The van der Waals surface area contributed by atoms with E-state index < -0.39 is 10.0 Å². The molecule has 0 radical (unpaired) electrons. The van der Waals surface area contributed by atoms with Crippen LogP contribution in [0.25, 0.3) is 0 Å². The van der Waals surface area contributed by atoms with E-state index in [2.05, 4.69) is 18.8 Å². The zero-order valence-electron chi connectivity index (χ0n) is 18.0. The summed E-state index contributed by atoms with van der Waals surface area (Å²) in [6.45, 7) is 5.62. The van der Waals surface area contributed by atoms with E-state index in [1.165, 1.54) is 0 Å². The van der Waals surface area contributed by atoms with Gasteiger partial charge in [0.1, 0.15) is 16.7 Å². The van der Waals surface area contributed by atoms with E-state index in [0.717, 1.165) is 6.42 Å². The van der Waals surface area contributed by atoms with Crippen LogP contribution in [0.3, 0.4) is 0 Å². The highest BCUT2D eigenvalue weighted by Gasteiger charge is 2.43. The van der Waals surface area contributed by atoms with Gasteiger partial charge in [-0.2, -0.15) is 4.31 Å². The molecule has 31 heavy (non-hydrogen) atoms. The van der Waals surface area contributed by atoms with Crippen molar-refractivity contribution in [3.63, 3.8) is 0 Å². The van der Waals surface area contributed by atoms with Crippen molar-refractivity contribution in [2.45, 2.75) is 50.2 Å². The Morgan fingerprint density at radius 1 is 1.13 bits per heavy atom. The summed E-state index contributed by atoms with van der Waals surface area (Å²) in [5.74, 6) is 0.720. The number of hydrogen-bond donors (Lipinski definition) is 0. The number of pyridine rings is 1. The predicted molar refractivity (Wildman–Crippen MR) is 117 cm³/mol. The summed E-state index contributed by atoms with van der Waals surface area (Å²) in [6, 6.07) is 9.97. The summed E-state index contributed by atoms with van der Waals surface area (Å²) in [4.78, 5) is 19.0. The molecule has 0 N–H and O–H groups in total. The minimum Gasteiger partial charge on any atom is -0.487 e. The highest BCUT2D eigenvalue weighted by atomic mass is 32.2. The number of aromatic nitrogens is 1. The van der Waals surface area contributed by atoms with Gasteiger partial charge in [-0.25, -0.2) is 8.42 Å². The molecule has 0 spiro atoms. The Hall–Kier alpha value is -2.45. The van der Waals surface area contributed by atoms with Crippen LogP contribution in [0.2, 0.25) is 0 Å². The van der Waals surface area contributed by atoms with Crippen LogP contribution in [0.4, 0.5) is 0 Å². The van der Waals surface area contributed by atoms with E-state index in [1.807, 2.05) is 0 Å². The predicted octanol–water partition coefficient (Wildman–Crippen LogP) is 3.18. The number of carbonyl (C=O) groups is 1. The number of fused-ring (bicyclic) bond motifs is 2. The molecule has 1 fully saturated rings. The Kier molecular flexibility index (Phi) is 6.29. The molecule has 1 amide bonds. The lowest BCUT2D eigenvalue weighted by atomic mass is 10.0. The van der Waals surface area contributed by atoms with Gasteiger partial charge >= 0.3 is 0 Å². The lowest BCUT2D eigenvalue weighted by molar-refractivity contribution is 0.0755. The number of rotatable bonds is 4. The fraction of sp³-hybridized carbons (Fsp3) is 0.478. The molecule has 4 rings (SSSR count). The van der Waals surface area contributed by atoms with Crippen molar-refractivity contribution >= 4 is 15.9 Å². The summed E-state index contributed by atoms with van der Waals surface area (Å²) in [5.41, 5.74) is 0.590. The second-order valence-electron chi connectivity index (χ2n) is 8.57. The van der Waals surface area contributed by atoms with Gasteiger partial charge in [0.15, 0.2) is 0 Å². The van der Waals surface area contributed by atoms with E-state index >= 15 is 0 Å². The summed E-state index contributed by atoms with van der Waals surface area (Å²) >= 11 is 0. The molecule has 7 nitrogen and oxygen atoms in total. The van der Waals surface area contributed by atoms with Crippen LogP contribution in [-0.4, -0.2) is 60.3 Å². The SMILES string of the molecule is CC(C)CCN1[C@H]2CCN(C(=O)c3ccncc3)CC[C@@H]2Oc2ccccc2S1(=O)=O. The number of hydrogen-bond acceptors (Lipinski definition) is 5. The molecule has 2 aliphatic rings. The molecule has 1 saturated heterocycles. The van der Waals surface area contributed by atoms with Crippen LogP contribution in [0.5, 0.6) is 5.75 Å². The average molecular weight is 444 g/mol. The smallest absolute Gasteiger partial charge is 0.253 e. The first-order valence-corrected chi connectivity index (χ1v) is 12.3. The van der Waals surface area contributed by atoms with Gasteiger partial charge in [0.25, 0.3) is 5.91 Å². The van der Waals surface area contributed by atoms with Crippen molar-refractivity contribution in [2.24, 2.45) is 5.92 Å². The molecule has 0 aliphatic carbocycles. The van der Waals surface area contributed by atoms with Crippen molar-refractivity contribution in [1.29, 1.82) is 0 Å². The van der Waals surface area contributed by atoms with Gasteiger partial charge < -0.3 is 9.64 Å². The summed E-state index contributed by atoms with van der Waals surface area (Å²) < 4.78 is 35.1. The summed E-state index contributed by atoms with van der Waals surface area (Å²) in [6.07, 6.45) is 4.78. The highest BCUT2D eigenvalue weighted by Crippen LogP contribution is 2.36.